The molecule has 8 heteroatoms. The van der Waals surface area contributed by atoms with Gasteiger partial charge in [-0.15, -0.1) is 0 Å². The second kappa shape index (κ2) is 6.84. The number of aromatic carboxylic acids is 1. The van der Waals surface area contributed by atoms with Crippen LogP contribution in [0.5, 0.6) is 0 Å². The minimum absolute atomic E-state index is 0.0632. The number of hydrogen-bond donors (Lipinski definition) is 2. The number of hydrogen-bond acceptors (Lipinski definition) is 5. The number of ether oxygens (including phenoxy) is 1. The molecule has 27 heavy (non-hydrogen) atoms. The summed E-state index contributed by atoms with van der Waals surface area (Å²) < 4.78 is 17.3. The van der Waals surface area contributed by atoms with Gasteiger partial charge >= 0.3 is 19.2 Å². The molecule has 0 unspecified atom stereocenters. The lowest BCUT2D eigenvalue weighted by molar-refractivity contribution is 0.00578. The van der Waals surface area contributed by atoms with Gasteiger partial charge in [-0.1, -0.05) is 0 Å². The molecule has 0 saturated carbocycles. The maximum atomic E-state index is 12.1. The molecule has 1 aliphatic rings. The van der Waals surface area contributed by atoms with E-state index in [9.17, 15) is 14.7 Å². The number of carbonyl (C=O) groups is 2. The van der Waals surface area contributed by atoms with Gasteiger partial charge in [-0.25, -0.2) is 9.59 Å². The van der Waals surface area contributed by atoms with Crippen LogP contribution in [0.25, 0.3) is 0 Å². The van der Waals surface area contributed by atoms with E-state index >= 15 is 0 Å². The predicted octanol–water partition coefficient (Wildman–Crippen LogP) is 3.34. The summed E-state index contributed by atoms with van der Waals surface area (Å²) in [7, 11) is -0.742. The number of carboxylic acid groups (broad SMARTS) is 1. The second-order valence-electron chi connectivity index (χ2n) is 8.76. The summed E-state index contributed by atoms with van der Waals surface area (Å²) in [4.78, 5) is 23.8. The van der Waals surface area contributed by atoms with Gasteiger partial charge < -0.3 is 19.2 Å². The highest BCUT2D eigenvalue weighted by atomic mass is 16.7. The Kier molecular flexibility index (Phi) is 5.38. The highest BCUT2D eigenvalue weighted by molar-refractivity contribution is 6.63. The zero-order valence-electron chi connectivity index (χ0n) is 17.2. The number of benzene rings is 1. The van der Waals surface area contributed by atoms with Crippen molar-refractivity contribution in [2.24, 2.45) is 0 Å². The number of carboxylic acids is 1. The Balaban J connectivity index is 2.42. The molecule has 7 nitrogen and oxygen atoms in total. The van der Waals surface area contributed by atoms with Crippen LogP contribution < -0.4 is 10.8 Å². The number of amides is 1. The fraction of sp³-hybridized carbons (Fsp3) is 0.579. The largest absolute Gasteiger partial charge is 0.495 e. The Morgan fingerprint density at radius 1 is 1.11 bits per heavy atom. The van der Waals surface area contributed by atoms with Crippen LogP contribution in [0.15, 0.2) is 12.1 Å². The Bertz CT molecular complexity index is 750. The van der Waals surface area contributed by atoms with Gasteiger partial charge in [0.05, 0.1) is 16.8 Å². The lowest BCUT2D eigenvalue weighted by Gasteiger charge is -2.32. The zero-order chi connectivity index (χ0) is 20.8. The van der Waals surface area contributed by atoms with Gasteiger partial charge in [0.25, 0.3) is 0 Å². The fourth-order valence-electron chi connectivity index (χ4n) is 2.67. The Hall–Kier alpha value is -2.06. The summed E-state index contributed by atoms with van der Waals surface area (Å²) in [5, 5.41) is 12.1. The van der Waals surface area contributed by atoms with Crippen molar-refractivity contribution in [2.75, 3.05) is 5.32 Å². The van der Waals surface area contributed by atoms with Gasteiger partial charge in [0.1, 0.15) is 5.60 Å². The van der Waals surface area contributed by atoms with Crippen LogP contribution in [0.4, 0.5) is 10.5 Å². The molecule has 1 saturated heterocycles. The topological polar surface area (TPSA) is 94.1 Å². The number of carbonyl (C=O) groups excluding carboxylic acids is 1. The first-order valence-electron chi connectivity index (χ1n) is 8.86. The predicted molar refractivity (Wildman–Crippen MR) is 104 cm³/mol. The van der Waals surface area contributed by atoms with Crippen molar-refractivity contribution >= 4 is 30.3 Å². The lowest BCUT2D eigenvalue weighted by atomic mass is 9.74. The van der Waals surface area contributed by atoms with Crippen molar-refractivity contribution in [2.45, 2.75) is 72.2 Å². The molecule has 1 aliphatic heterocycles. The number of rotatable bonds is 3. The van der Waals surface area contributed by atoms with Crippen LogP contribution in [0.2, 0.25) is 0 Å². The minimum Gasteiger partial charge on any atom is -0.478 e. The minimum atomic E-state index is -1.10. The maximum Gasteiger partial charge on any atom is 0.495 e. The van der Waals surface area contributed by atoms with Crippen molar-refractivity contribution in [3.05, 3.63) is 23.3 Å². The van der Waals surface area contributed by atoms with Crippen LogP contribution in [0.3, 0.4) is 0 Å². The third-order valence-electron chi connectivity index (χ3n) is 4.83. The van der Waals surface area contributed by atoms with E-state index in [4.69, 9.17) is 14.0 Å². The molecule has 1 fully saturated rings. The molecule has 0 spiro atoms. The first kappa shape index (κ1) is 21.2. The van der Waals surface area contributed by atoms with Gasteiger partial charge in [0.2, 0.25) is 0 Å². The lowest BCUT2D eigenvalue weighted by Crippen LogP contribution is -2.41. The van der Waals surface area contributed by atoms with Gasteiger partial charge in [-0.2, -0.15) is 0 Å². The monoisotopic (exact) mass is 377 g/mol. The molecule has 1 aromatic rings. The SMILES string of the molecule is Cc1c(B2OC(C)(C)C(C)(C)O2)cc(NC(=O)OC(C)(C)C)cc1C(=O)O. The van der Waals surface area contributed by atoms with Crippen LogP contribution in [0.1, 0.15) is 64.4 Å². The smallest absolute Gasteiger partial charge is 0.478 e. The third-order valence-corrected chi connectivity index (χ3v) is 4.83. The van der Waals surface area contributed by atoms with Crippen LogP contribution in [0, 0.1) is 6.92 Å². The molecule has 0 radical (unpaired) electrons. The summed E-state index contributed by atoms with van der Waals surface area (Å²) >= 11 is 0. The first-order valence-corrected chi connectivity index (χ1v) is 8.86. The molecular formula is C19H28BNO6. The maximum absolute atomic E-state index is 12.1. The summed E-state index contributed by atoms with van der Waals surface area (Å²) in [5.41, 5.74) is -0.357. The van der Waals surface area contributed by atoms with E-state index < -0.39 is 36.0 Å². The fourth-order valence-corrected chi connectivity index (χ4v) is 2.67. The van der Waals surface area contributed by atoms with E-state index in [1.54, 1.807) is 33.8 Å². The quantitative estimate of drug-likeness (QED) is 0.785. The Morgan fingerprint density at radius 2 is 1.63 bits per heavy atom. The molecule has 1 aromatic carbocycles. The van der Waals surface area contributed by atoms with E-state index in [2.05, 4.69) is 5.32 Å². The van der Waals surface area contributed by atoms with Crippen molar-refractivity contribution in [1.82, 2.24) is 0 Å². The standard InChI is InChI=1S/C19H28BNO6/c1-11-13(15(22)23)9-12(21-16(24)25-17(2,3)4)10-14(11)20-26-18(5,6)19(7,8)27-20/h9-10H,1-8H3,(H,21,24)(H,22,23). The van der Waals surface area contributed by atoms with Gasteiger partial charge in [0.15, 0.2) is 0 Å². The summed E-state index contributed by atoms with van der Waals surface area (Å²) in [6.07, 6.45) is -0.664. The molecule has 1 amide bonds. The van der Waals surface area contributed by atoms with Gasteiger partial charge in [-0.05, 0) is 78.5 Å². The van der Waals surface area contributed by atoms with Gasteiger partial charge in [-0.3, -0.25) is 5.32 Å². The molecule has 0 atom stereocenters. The molecule has 0 aromatic heterocycles. The van der Waals surface area contributed by atoms with E-state index in [0.29, 0.717) is 16.7 Å². The van der Waals surface area contributed by atoms with E-state index in [1.165, 1.54) is 6.07 Å². The van der Waals surface area contributed by atoms with E-state index in [-0.39, 0.29) is 5.56 Å². The normalized spacial score (nSPS) is 18.3. The summed E-state index contributed by atoms with van der Waals surface area (Å²) in [6.45, 7) is 14.6. The number of nitrogens with one attached hydrogen (secondary N) is 1. The summed E-state index contributed by atoms with van der Waals surface area (Å²) in [5.74, 6) is -1.10. The van der Waals surface area contributed by atoms with Crippen LogP contribution in [-0.4, -0.2) is 41.1 Å². The Morgan fingerprint density at radius 3 is 2.07 bits per heavy atom. The summed E-state index contributed by atoms with van der Waals surface area (Å²) in [6, 6.07) is 3.06. The molecule has 1 heterocycles. The molecule has 2 N–H and O–H groups in total. The van der Waals surface area contributed by atoms with Crippen molar-refractivity contribution in [3.8, 4) is 0 Å². The first-order chi connectivity index (χ1) is 12.1. The average molecular weight is 377 g/mol. The molecule has 0 bridgehead atoms. The van der Waals surface area contributed by atoms with Crippen LogP contribution >= 0.6 is 0 Å². The third kappa shape index (κ3) is 4.62. The van der Waals surface area contributed by atoms with Crippen molar-refractivity contribution in [1.29, 1.82) is 0 Å². The molecular weight excluding hydrogens is 349 g/mol. The van der Waals surface area contributed by atoms with Gasteiger partial charge in [0, 0.05) is 5.69 Å². The average Bonchev–Trinajstić information content (AvgIpc) is 2.66. The molecule has 2 rings (SSSR count). The van der Waals surface area contributed by atoms with Crippen molar-refractivity contribution in [3.63, 3.8) is 0 Å². The molecule has 0 aliphatic carbocycles. The highest BCUT2D eigenvalue weighted by Crippen LogP contribution is 2.37. The highest BCUT2D eigenvalue weighted by Gasteiger charge is 2.52. The Labute approximate surface area is 160 Å². The van der Waals surface area contributed by atoms with Crippen LogP contribution in [-0.2, 0) is 14.0 Å². The van der Waals surface area contributed by atoms with E-state index in [1.807, 2.05) is 27.7 Å². The van der Waals surface area contributed by atoms with E-state index in [0.717, 1.165) is 0 Å². The number of anilines is 1. The van der Waals surface area contributed by atoms with Crippen molar-refractivity contribution < 1.29 is 28.7 Å². The second-order valence-corrected chi connectivity index (χ2v) is 8.76. The zero-order valence-corrected chi connectivity index (χ0v) is 17.2. The molecule has 148 valence electrons.